The minimum atomic E-state index is -0.621. The zero-order chi connectivity index (χ0) is 19.9. The third-order valence-corrected chi connectivity index (χ3v) is 4.13. The molecule has 2 aromatic carbocycles. The van der Waals surface area contributed by atoms with Crippen molar-refractivity contribution in [3.63, 3.8) is 0 Å². The number of rotatable bonds is 4. The molecule has 2 aromatic rings. The zero-order valence-corrected chi connectivity index (χ0v) is 14.4. The Morgan fingerprint density at radius 3 is 1.48 bits per heavy atom. The number of hydrogen-bond acceptors (Lipinski definition) is 6. The smallest absolute Gasteiger partial charge is 0.293 e. The van der Waals surface area contributed by atoms with Gasteiger partial charge in [-0.1, -0.05) is 0 Å². The predicted octanol–water partition coefficient (Wildman–Crippen LogP) is 2.99. The van der Waals surface area contributed by atoms with Crippen molar-refractivity contribution in [1.82, 2.24) is 0 Å². The van der Waals surface area contributed by atoms with E-state index >= 15 is 0 Å². The minimum absolute atomic E-state index is 0.0654. The molecular formula is C17H14N4O6. The zero-order valence-electron chi connectivity index (χ0n) is 14.4. The number of amides is 2. The maximum atomic E-state index is 11.4. The van der Waals surface area contributed by atoms with Crippen LogP contribution in [0.5, 0.6) is 0 Å². The standard InChI is InChI=1S/C17H14N4O6/c1-8(22)18-14-4-10-3-11-5-15(19-9(2)23)17(21(26)27)7-13(11)12(10)6-16(14)20(24)25/h4-7H,3H2,1-2H3,(H,18,22)(H,19,23). The number of hydrogen-bond donors (Lipinski definition) is 2. The molecule has 0 fully saturated rings. The molecule has 0 spiro atoms. The van der Waals surface area contributed by atoms with E-state index in [1.54, 1.807) is 0 Å². The van der Waals surface area contributed by atoms with Gasteiger partial charge in [0.2, 0.25) is 11.8 Å². The van der Waals surface area contributed by atoms with E-state index in [1.807, 2.05) is 0 Å². The number of nitrogens with zero attached hydrogens (tertiary/aromatic N) is 2. The lowest BCUT2D eigenvalue weighted by Crippen LogP contribution is -2.08. The summed E-state index contributed by atoms with van der Waals surface area (Å²) in [6.07, 6.45) is 0.361. The number of nitrogens with one attached hydrogen (secondary N) is 2. The van der Waals surface area contributed by atoms with Gasteiger partial charge in [-0.15, -0.1) is 0 Å². The molecule has 1 aliphatic carbocycles. The molecule has 0 unspecified atom stereocenters. The van der Waals surface area contributed by atoms with Crippen molar-refractivity contribution < 1.29 is 19.4 Å². The first-order valence-corrected chi connectivity index (χ1v) is 7.85. The van der Waals surface area contributed by atoms with Gasteiger partial charge in [-0.25, -0.2) is 0 Å². The molecule has 0 atom stereocenters. The van der Waals surface area contributed by atoms with Crippen LogP contribution < -0.4 is 10.6 Å². The van der Waals surface area contributed by atoms with Crippen molar-refractivity contribution >= 4 is 34.6 Å². The summed E-state index contributed by atoms with van der Waals surface area (Å²) in [4.78, 5) is 44.1. The van der Waals surface area contributed by atoms with Gasteiger partial charge in [-0.2, -0.15) is 0 Å². The molecule has 10 nitrogen and oxygen atoms in total. The topological polar surface area (TPSA) is 144 Å². The van der Waals surface area contributed by atoms with Crippen LogP contribution in [0, 0.1) is 20.2 Å². The third-order valence-electron chi connectivity index (χ3n) is 4.13. The van der Waals surface area contributed by atoms with E-state index in [4.69, 9.17) is 0 Å². The van der Waals surface area contributed by atoms with Crippen LogP contribution in [0.2, 0.25) is 0 Å². The van der Waals surface area contributed by atoms with Crippen molar-refractivity contribution in [3.8, 4) is 11.1 Å². The summed E-state index contributed by atoms with van der Waals surface area (Å²) in [6, 6.07) is 5.60. The van der Waals surface area contributed by atoms with E-state index in [0.29, 0.717) is 28.7 Å². The Balaban J connectivity index is 2.18. The first-order chi connectivity index (χ1) is 12.7. The normalized spacial score (nSPS) is 11.3. The number of carbonyl (C=O) groups excluding carboxylic acids is 2. The molecule has 1 aliphatic rings. The van der Waals surface area contributed by atoms with E-state index in [1.165, 1.54) is 38.1 Å². The molecule has 0 saturated carbocycles. The lowest BCUT2D eigenvalue weighted by molar-refractivity contribution is -0.384. The van der Waals surface area contributed by atoms with Crippen LogP contribution >= 0.6 is 0 Å². The highest BCUT2D eigenvalue weighted by molar-refractivity contribution is 5.96. The molecule has 138 valence electrons. The van der Waals surface area contributed by atoms with Gasteiger partial charge in [-0.05, 0) is 40.8 Å². The monoisotopic (exact) mass is 370 g/mol. The molecule has 0 radical (unpaired) electrons. The average molecular weight is 370 g/mol. The largest absolute Gasteiger partial charge is 0.321 e. The Morgan fingerprint density at radius 2 is 1.19 bits per heavy atom. The lowest BCUT2D eigenvalue weighted by Gasteiger charge is -2.08. The Bertz CT molecular complexity index is 949. The molecule has 0 aliphatic heterocycles. The second kappa shape index (κ2) is 6.48. The molecule has 2 amide bonds. The van der Waals surface area contributed by atoms with E-state index < -0.39 is 21.7 Å². The molecule has 3 rings (SSSR count). The average Bonchev–Trinajstić information content (AvgIpc) is 2.87. The predicted molar refractivity (Wildman–Crippen MR) is 96.6 cm³/mol. The van der Waals surface area contributed by atoms with E-state index in [9.17, 15) is 29.8 Å². The summed E-state index contributed by atoms with van der Waals surface area (Å²) in [5.41, 5.74) is 1.89. The van der Waals surface area contributed by atoms with Crippen LogP contribution in [0.3, 0.4) is 0 Å². The van der Waals surface area contributed by atoms with Gasteiger partial charge in [0.25, 0.3) is 11.4 Å². The van der Waals surface area contributed by atoms with Gasteiger partial charge in [0.1, 0.15) is 11.4 Å². The summed E-state index contributed by atoms with van der Waals surface area (Å²) in [5, 5.41) is 27.6. The highest BCUT2D eigenvalue weighted by Gasteiger charge is 2.29. The first kappa shape index (κ1) is 18.0. The fraction of sp³-hybridized carbons (Fsp3) is 0.176. The van der Waals surface area contributed by atoms with Crippen LogP contribution in [-0.2, 0) is 16.0 Å². The molecule has 0 aromatic heterocycles. The number of nitro groups is 2. The minimum Gasteiger partial charge on any atom is -0.321 e. The molecule has 27 heavy (non-hydrogen) atoms. The Hall–Kier alpha value is -3.82. The highest BCUT2D eigenvalue weighted by Crippen LogP contribution is 2.45. The summed E-state index contributed by atoms with van der Waals surface area (Å²) in [7, 11) is 0. The molecule has 10 heteroatoms. The van der Waals surface area contributed by atoms with Crippen molar-refractivity contribution in [3.05, 3.63) is 55.6 Å². The number of fused-ring (bicyclic) bond motifs is 3. The number of carbonyl (C=O) groups is 2. The summed E-state index contributed by atoms with van der Waals surface area (Å²) in [5.74, 6) is -0.894. The maximum Gasteiger partial charge on any atom is 0.293 e. The fourth-order valence-electron chi connectivity index (χ4n) is 3.15. The van der Waals surface area contributed by atoms with Crippen LogP contribution in [-0.4, -0.2) is 21.7 Å². The Kier molecular flexibility index (Phi) is 4.32. The summed E-state index contributed by atoms with van der Waals surface area (Å²) in [6.45, 7) is 2.49. The third kappa shape index (κ3) is 3.32. The Labute approximate surface area is 152 Å². The molecule has 2 N–H and O–H groups in total. The quantitative estimate of drug-likeness (QED) is 0.533. The van der Waals surface area contributed by atoms with Gasteiger partial charge < -0.3 is 10.6 Å². The SMILES string of the molecule is CC(=O)Nc1cc2c(cc1[N+](=O)[O-])-c1cc([N+](=O)[O-])c(NC(C)=O)cc1C2. The maximum absolute atomic E-state index is 11.4. The van der Waals surface area contributed by atoms with Gasteiger partial charge in [0, 0.05) is 26.0 Å². The van der Waals surface area contributed by atoms with Crippen molar-refractivity contribution in [1.29, 1.82) is 0 Å². The van der Waals surface area contributed by atoms with Crippen molar-refractivity contribution in [2.45, 2.75) is 20.3 Å². The van der Waals surface area contributed by atoms with E-state index in [0.717, 1.165) is 0 Å². The Morgan fingerprint density at radius 1 is 0.815 bits per heavy atom. The van der Waals surface area contributed by atoms with Crippen LogP contribution in [0.4, 0.5) is 22.7 Å². The van der Waals surface area contributed by atoms with Crippen molar-refractivity contribution in [2.75, 3.05) is 10.6 Å². The van der Waals surface area contributed by atoms with Gasteiger partial charge >= 0.3 is 0 Å². The first-order valence-electron chi connectivity index (χ1n) is 7.85. The molecule has 0 saturated heterocycles. The lowest BCUT2D eigenvalue weighted by atomic mass is 10.0. The molecule has 0 bridgehead atoms. The van der Waals surface area contributed by atoms with Gasteiger partial charge in [-0.3, -0.25) is 29.8 Å². The van der Waals surface area contributed by atoms with Crippen molar-refractivity contribution in [2.24, 2.45) is 0 Å². The second-order valence-electron chi connectivity index (χ2n) is 6.11. The second-order valence-corrected chi connectivity index (χ2v) is 6.11. The summed E-state index contributed by atoms with van der Waals surface area (Å²) >= 11 is 0. The van der Waals surface area contributed by atoms with Crippen LogP contribution in [0.25, 0.3) is 11.1 Å². The van der Waals surface area contributed by atoms with Gasteiger partial charge in [0.15, 0.2) is 0 Å². The number of nitro benzene ring substituents is 2. The highest BCUT2D eigenvalue weighted by atomic mass is 16.6. The van der Waals surface area contributed by atoms with Crippen LogP contribution in [0.1, 0.15) is 25.0 Å². The molecule has 0 heterocycles. The van der Waals surface area contributed by atoms with E-state index in [-0.39, 0.29) is 22.7 Å². The summed E-state index contributed by atoms with van der Waals surface area (Å²) < 4.78 is 0. The number of benzene rings is 2. The van der Waals surface area contributed by atoms with E-state index in [2.05, 4.69) is 10.6 Å². The van der Waals surface area contributed by atoms with Crippen LogP contribution in [0.15, 0.2) is 24.3 Å². The van der Waals surface area contributed by atoms with Gasteiger partial charge in [0.05, 0.1) is 9.85 Å². The number of anilines is 2. The fourth-order valence-corrected chi connectivity index (χ4v) is 3.15. The molecular weight excluding hydrogens is 356 g/mol.